The Morgan fingerprint density at radius 3 is 3.00 bits per heavy atom. The van der Waals surface area contributed by atoms with Gasteiger partial charge in [0.05, 0.1) is 6.10 Å². The minimum atomic E-state index is -0.493. The van der Waals surface area contributed by atoms with Gasteiger partial charge in [-0.25, -0.2) is 0 Å². The normalized spacial score (nSPS) is 12.5. The molecular formula is C9H10BrNO. The summed E-state index contributed by atoms with van der Waals surface area (Å²) in [6, 6.07) is 1.85. The molecule has 0 aliphatic carbocycles. The fraction of sp³-hybridized carbons (Fsp3) is 0.222. The lowest BCUT2D eigenvalue weighted by atomic mass is 10.1. The quantitative estimate of drug-likeness (QED) is 0.806. The number of hydrogen-bond donors (Lipinski definition) is 1. The maximum atomic E-state index is 9.51. The average molecular weight is 228 g/mol. The standard InChI is InChI=1S/C9H10BrNO/c1-2-3-9(12)7-4-8(10)6-11-5-7/h2,4-6,9,12H,1,3H2. The minimum Gasteiger partial charge on any atom is -0.388 e. The zero-order chi connectivity index (χ0) is 8.97. The lowest BCUT2D eigenvalue weighted by Crippen LogP contribution is -1.95. The molecule has 3 heteroatoms. The van der Waals surface area contributed by atoms with Crippen LogP contribution in [0, 0.1) is 0 Å². The summed E-state index contributed by atoms with van der Waals surface area (Å²) in [7, 11) is 0. The fourth-order valence-electron chi connectivity index (χ4n) is 0.904. The van der Waals surface area contributed by atoms with E-state index in [0.717, 1.165) is 10.0 Å². The molecule has 1 atom stereocenters. The topological polar surface area (TPSA) is 33.1 Å². The Kier molecular flexibility index (Phi) is 3.44. The number of aliphatic hydroxyl groups excluding tert-OH is 1. The Labute approximate surface area is 80.1 Å². The van der Waals surface area contributed by atoms with E-state index in [-0.39, 0.29) is 0 Å². The third kappa shape index (κ3) is 2.43. The molecule has 2 nitrogen and oxygen atoms in total. The Morgan fingerprint density at radius 1 is 1.67 bits per heavy atom. The summed E-state index contributed by atoms with van der Waals surface area (Å²) >= 11 is 3.28. The van der Waals surface area contributed by atoms with Crippen LogP contribution in [0.3, 0.4) is 0 Å². The van der Waals surface area contributed by atoms with E-state index >= 15 is 0 Å². The molecule has 0 radical (unpaired) electrons. The van der Waals surface area contributed by atoms with E-state index in [1.54, 1.807) is 18.5 Å². The Balaban J connectivity index is 2.80. The van der Waals surface area contributed by atoms with Crippen molar-refractivity contribution in [2.45, 2.75) is 12.5 Å². The first-order valence-electron chi connectivity index (χ1n) is 3.63. The van der Waals surface area contributed by atoms with Crippen molar-refractivity contribution >= 4 is 15.9 Å². The monoisotopic (exact) mass is 227 g/mol. The highest BCUT2D eigenvalue weighted by molar-refractivity contribution is 9.10. The van der Waals surface area contributed by atoms with Crippen molar-refractivity contribution in [1.82, 2.24) is 4.98 Å². The van der Waals surface area contributed by atoms with E-state index in [9.17, 15) is 5.11 Å². The fourth-order valence-corrected chi connectivity index (χ4v) is 1.29. The second kappa shape index (κ2) is 4.38. The second-order valence-corrected chi connectivity index (χ2v) is 3.39. The van der Waals surface area contributed by atoms with Gasteiger partial charge in [0.2, 0.25) is 0 Å². The van der Waals surface area contributed by atoms with Gasteiger partial charge in [-0.2, -0.15) is 0 Å². The highest BCUT2D eigenvalue weighted by Gasteiger charge is 2.05. The predicted octanol–water partition coefficient (Wildman–Crippen LogP) is 2.45. The number of pyridine rings is 1. The van der Waals surface area contributed by atoms with Gasteiger partial charge in [-0.15, -0.1) is 6.58 Å². The van der Waals surface area contributed by atoms with Crippen LogP contribution in [0.25, 0.3) is 0 Å². The van der Waals surface area contributed by atoms with Crippen molar-refractivity contribution in [3.05, 3.63) is 41.2 Å². The van der Waals surface area contributed by atoms with Gasteiger partial charge in [0.1, 0.15) is 0 Å². The Bertz CT molecular complexity index is 275. The molecule has 0 fully saturated rings. The molecular weight excluding hydrogens is 218 g/mol. The van der Waals surface area contributed by atoms with E-state index in [1.165, 1.54) is 0 Å². The first-order valence-corrected chi connectivity index (χ1v) is 4.42. The second-order valence-electron chi connectivity index (χ2n) is 2.48. The summed E-state index contributed by atoms with van der Waals surface area (Å²) < 4.78 is 0.878. The van der Waals surface area contributed by atoms with E-state index in [1.807, 2.05) is 6.07 Å². The Morgan fingerprint density at radius 2 is 2.42 bits per heavy atom. The molecule has 1 rings (SSSR count). The number of nitrogens with zero attached hydrogens (tertiary/aromatic N) is 1. The molecule has 0 aromatic carbocycles. The molecule has 0 saturated heterocycles. The largest absolute Gasteiger partial charge is 0.388 e. The molecule has 0 aliphatic rings. The predicted molar refractivity (Wildman–Crippen MR) is 51.7 cm³/mol. The van der Waals surface area contributed by atoms with Crippen LogP contribution in [-0.4, -0.2) is 10.1 Å². The van der Waals surface area contributed by atoms with Gasteiger partial charge in [-0.1, -0.05) is 6.08 Å². The molecule has 1 aromatic heterocycles. The lowest BCUT2D eigenvalue weighted by Gasteiger charge is -2.07. The number of hydrogen-bond acceptors (Lipinski definition) is 2. The molecule has 0 aliphatic heterocycles. The highest BCUT2D eigenvalue weighted by Crippen LogP contribution is 2.19. The van der Waals surface area contributed by atoms with Gasteiger partial charge < -0.3 is 5.11 Å². The van der Waals surface area contributed by atoms with Crippen LogP contribution in [-0.2, 0) is 0 Å². The van der Waals surface area contributed by atoms with Gasteiger partial charge >= 0.3 is 0 Å². The van der Waals surface area contributed by atoms with Gasteiger partial charge in [0.25, 0.3) is 0 Å². The summed E-state index contributed by atoms with van der Waals surface area (Å²) in [6.07, 6.45) is 5.08. The average Bonchev–Trinajstić information content (AvgIpc) is 2.05. The molecule has 0 amide bonds. The summed E-state index contributed by atoms with van der Waals surface area (Å²) in [6.45, 7) is 3.56. The van der Waals surface area contributed by atoms with Crippen LogP contribution >= 0.6 is 15.9 Å². The van der Waals surface area contributed by atoms with Crippen molar-refractivity contribution in [2.24, 2.45) is 0 Å². The summed E-state index contributed by atoms with van der Waals surface area (Å²) in [4.78, 5) is 3.95. The van der Waals surface area contributed by atoms with Crippen LogP contribution in [0.5, 0.6) is 0 Å². The molecule has 0 bridgehead atoms. The minimum absolute atomic E-state index is 0.493. The van der Waals surface area contributed by atoms with Crippen molar-refractivity contribution in [1.29, 1.82) is 0 Å². The summed E-state index contributed by atoms with van der Waals surface area (Å²) in [5.74, 6) is 0. The number of halogens is 1. The molecule has 1 N–H and O–H groups in total. The van der Waals surface area contributed by atoms with Gasteiger partial charge in [0, 0.05) is 22.4 Å². The highest BCUT2D eigenvalue weighted by atomic mass is 79.9. The third-order valence-electron chi connectivity index (χ3n) is 1.50. The van der Waals surface area contributed by atoms with Gasteiger partial charge in [0.15, 0.2) is 0 Å². The van der Waals surface area contributed by atoms with E-state index in [2.05, 4.69) is 27.5 Å². The van der Waals surface area contributed by atoms with E-state index in [0.29, 0.717) is 6.42 Å². The number of rotatable bonds is 3. The van der Waals surface area contributed by atoms with Crippen LogP contribution in [0.1, 0.15) is 18.1 Å². The summed E-state index contributed by atoms with van der Waals surface area (Å²) in [5.41, 5.74) is 0.810. The lowest BCUT2D eigenvalue weighted by molar-refractivity contribution is 0.181. The van der Waals surface area contributed by atoms with Crippen molar-refractivity contribution < 1.29 is 5.11 Å². The van der Waals surface area contributed by atoms with Crippen LogP contribution in [0.2, 0.25) is 0 Å². The van der Waals surface area contributed by atoms with Crippen molar-refractivity contribution in [3.63, 3.8) is 0 Å². The molecule has 1 heterocycles. The van der Waals surface area contributed by atoms with Crippen LogP contribution < -0.4 is 0 Å². The van der Waals surface area contributed by atoms with Gasteiger partial charge in [-0.3, -0.25) is 4.98 Å². The van der Waals surface area contributed by atoms with Crippen molar-refractivity contribution in [2.75, 3.05) is 0 Å². The van der Waals surface area contributed by atoms with E-state index < -0.39 is 6.10 Å². The first-order chi connectivity index (χ1) is 5.74. The maximum absolute atomic E-state index is 9.51. The number of aliphatic hydroxyl groups is 1. The molecule has 1 aromatic rings. The molecule has 12 heavy (non-hydrogen) atoms. The summed E-state index contributed by atoms with van der Waals surface area (Å²) in [5, 5.41) is 9.51. The third-order valence-corrected chi connectivity index (χ3v) is 1.93. The smallest absolute Gasteiger partial charge is 0.0839 e. The first kappa shape index (κ1) is 9.42. The number of aromatic nitrogens is 1. The SMILES string of the molecule is C=CCC(O)c1cncc(Br)c1. The molecule has 0 spiro atoms. The van der Waals surface area contributed by atoms with E-state index in [4.69, 9.17) is 0 Å². The van der Waals surface area contributed by atoms with Crippen LogP contribution in [0.4, 0.5) is 0 Å². The Hall–Kier alpha value is -0.670. The zero-order valence-corrected chi connectivity index (χ0v) is 8.16. The molecule has 64 valence electrons. The molecule has 1 unspecified atom stereocenters. The van der Waals surface area contributed by atoms with Gasteiger partial charge in [-0.05, 0) is 28.4 Å². The maximum Gasteiger partial charge on any atom is 0.0839 e. The molecule has 0 saturated carbocycles. The van der Waals surface area contributed by atoms with Crippen LogP contribution in [0.15, 0.2) is 35.6 Å². The van der Waals surface area contributed by atoms with Crippen molar-refractivity contribution in [3.8, 4) is 0 Å². The zero-order valence-electron chi connectivity index (χ0n) is 6.57.